The molecule has 0 fully saturated rings. The Labute approximate surface area is 170 Å². The molecule has 4 heteroatoms. The van der Waals surface area contributed by atoms with E-state index in [9.17, 15) is 4.79 Å². The van der Waals surface area contributed by atoms with Gasteiger partial charge in [-0.05, 0) is 19.4 Å². The molecule has 1 amide bonds. The molecule has 1 atom stereocenters. The molecule has 0 aromatic heterocycles. The second kappa shape index (κ2) is 25.4. The van der Waals surface area contributed by atoms with E-state index in [4.69, 9.17) is 10.8 Å². The minimum atomic E-state index is -0.301. The topological polar surface area (TPSA) is 75.4 Å². The van der Waals surface area contributed by atoms with Crippen LogP contribution >= 0.6 is 0 Å². The second-order valence-electron chi connectivity index (χ2n) is 7.65. The summed E-state index contributed by atoms with van der Waals surface area (Å²) in [4.78, 5) is 10.6. The van der Waals surface area contributed by atoms with Gasteiger partial charge in [-0.25, -0.2) is 0 Å². The number of hydrogen-bond donors (Lipinski definition) is 3. The molecule has 4 nitrogen and oxygen atoms in total. The van der Waals surface area contributed by atoms with Crippen LogP contribution in [-0.4, -0.2) is 23.8 Å². The third-order valence-corrected chi connectivity index (χ3v) is 4.85. The standard InChI is InChI=1S/C18H37NO.C5H13NO/c1-2-3-4-5-6-7-8-9-10-11-12-13-14-15-16-17-18(19)20;1-3-5(7)6-4-2/h2-17H2,1H3,(H2,19,20);5-7H,3-4H2,1-2H3. The third-order valence-electron chi connectivity index (χ3n) is 4.85. The summed E-state index contributed by atoms with van der Waals surface area (Å²) in [7, 11) is 0. The normalized spacial score (nSPS) is 11.7. The Bertz CT molecular complexity index is 286. The zero-order valence-corrected chi connectivity index (χ0v) is 18.7. The number of nitrogens with two attached hydrogens (primary N) is 1. The van der Waals surface area contributed by atoms with Gasteiger partial charge in [0.15, 0.2) is 0 Å². The van der Waals surface area contributed by atoms with Crippen molar-refractivity contribution in [2.75, 3.05) is 6.54 Å². The first-order valence-electron chi connectivity index (χ1n) is 11.8. The fraction of sp³-hybridized carbons (Fsp3) is 0.957. The van der Waals surface area contributed by atoms with Crippen LogP contribution < -0.4 is 11.1 Å². The van der Waals surface area contributed by atoms with Crippen molar-refractivity contribution in [1.29, 1.82) is 0 Å². The van der Waals surface area contributed by atoms with E-state index in [-0.39, 0.29) is 12.1 Å². The molecule has 27 heavy (non-hydrogen) atoms. The lowest BCUT2D eigenvalue weighted by molar-refractivity contribution is -0.118. The van der Waals surface area contributed by atoms with Crippen molar-refractivity contribution in [2.45, 2.75) is 136 Å². The molecule has 0 aliphatic carbocycles. The highest BCUT2D eigenvalue weighted by Gasteiger charge is 1.96. The summed E-state index contributed by atoms with van der Waals surface area (Å²) in [5, 5.41) is 11.6. The minimum absolute atomic E-state index is 0.153. The summed E-state index contributed by atoms with van der Waals surface area (Å²) in [5.74, 6) is -0.153. The summed E-state index contributed by atoms with van der Waals surface area (Å²) in [6.45, 7) is 7.03. The molecule has 0 heterocycles. The molecule has 0 rings (SSSR count). The van der Waals surface area contributed by atoms with Crippen LogP contribution in [0.1, 0.15) is 130 Å². The van der Waals surface area contributed by atoms with E-state index in [1.165, 1.54) is 89.9 Å². The zero-order valence-electron chi connectivity index (χ0n) is 18.7. The zero-order chi connectivity index (χ0) is 20.6. The smallest absolute Gasteiger partial charge is 0.217 e. The average molecular weight is 387 g/mol. The Morgan fingerprint density at radius 2 is 1.11 bits per heavy atom. The number of primary amides is 1. The lowest BCUT2D eigenvalue weighted by atomic mass is 10.0. The van der Waals surface area contributed by atoms with Crippen molar-refractivity contribution in [3.05, 3.63) is 0 Å². The van der Waals surface area contributed by atoms with Gasteiger partial charge in [0.05, 0.1) is 0 Å². The molecule has 0 saturated heterocycles. The van der Waals surface area contributed by atoms with Crippen molar-refractivity contribution in [3.8, 4) is 0 Å². The lowest BCUT2D eigenvalue weighted by Gasteiger charge is -2.05. The summed E-state index contributed by atoms with van der Waals surface area (Å²) in [6.07, 6.45) is 21.4. The molecule has 0 aromatic carbocycles. The maximum Gasteiger partial charge on any atom is 0.217 e. The predicted molar refractivity (Wildman–Crippen MR) is 119 cm³/mol. The molecule has 0 aromatic rings. The fourth-order valence-corrected chi connectivity index (χ4v) is 3.05. The third kappa shape index (κ3) is 30.4. The number of nitrogens with one attached hydrogen (secondary N) is 1. The summed E-state index contributed by atoms with van der Waals surface area (Å²) >= 11 is 0. The van der Waals surface area contributed by atoms with Gasteiger partial charge < -0.3 is 10.8 Å². The Morgan fingerprint density at radius 3 is 1.37 bits per heavy atom. The van der Waals surface area contributed by atoms with Gasteiger partial charge >= 0.3 is 0 Å². The monoisotopic (exact) mass is 386 g/mol. The van der Waals surface area contributed by atoms with E-state index in [0.717, 1.165) is 19.4 Å². The van der Waals surface area contributed by atoms with Crippen LogP contribution in [0.2, 0.25) is 0 Å². The summed E-state index contributed by atoms with van der Waals surface area (Å²) < 4.78 is 0. The number of unbranched alkanes of at least 4 members (excludes halogenated alkanes) is 14. The maximum absolute atomic E-state index is 10.6. The number of rotatable bonds is 19. The highest BCUT2D eigenvalue weighted by molar-refractivity contribution is 5.73. The van der Waals surface area contributed by atoms with Gasteiger partial charge in [0.1, 0.15) is 6.23 Å². The van der Waals surface area contributed by atoms with Crippen molar-refractivity contribution in [2.24, 2.45) is 5.73 Å². The maximum atomic E-state index is 10.6. The van der Waals surface area contributed by atoms with Gasteiger partial charge in [-0.2, -0.15) is 0 Å². The van der Waals surface area contributed by atoms with Crippen LogP contribution in [0.25, 0.3) is 0 Å². The first-order chi connectivity index (χ1) is 13.1. The quantitative estimate of drug-likeness (QED) is 0.187. The Hall–Kier alpha value is -0.610. The van der Waals surface area contributed by atoms with Crippen molar-refractivity contribution >= 4 is 5.91 Å². The van der Waals surface area contributed by atoms with Crippen LogP contribution in [0.15, 0.2) is 0 Å². The number of carbonyl (C=O) groups is 1. The molecule has 1 unspecified atom stereocenters. The van der Waals surface area contributed by atoms with Gasteiger partial charge in [0, 0.05) is 6.42 Å². The van der Waals surface area contributed by atoms with Gasteiger partial charge in [0.2, 0.25) is 5.91 Å². The van der Waals surface area contributed by atoms with Crippen LogP contribution in [0.4, 0.5) is 0 Å². The summed E-state index contributed by atoms with van der Waals surface area (Å²) in [5.41, 5.74) is 5.11. The van der Waals surface area contributed by atoms with Gasteiger partial charge in [0.25, 0.3) is 0 Å². The first kappa shape index (κ1) is 28.6. The Balaban J connectivity index is 0. The minimum Gasteiger partial charge on any atom is -0.379 e. The predicted octanol–water partition coefficient (Wildman–Crippen LogP) is 6.06. The van der Waals surface area contributed by atoms with E-state index >= 15 is 0 Å². The lowest BCUT2D eigenvalue weighted by Crippen LogP contribution is -2.26. The number of amides is 1. The van der Waals surface area contributed by atoms with Crippen molar-refractivity contribution < 1.29 is 9.90 Å². The van der Waals surface area contributed by atoms with E-state index in [0.29, 0.717) is 6.42 Å². The second-order valence-corrected chi connectivity index (χ2v) is 7.65. The van der Waals surface area contributed by atoms with Crippen LogP contribution in [0.3, 0.4) is 0 Å². The van der Waals surface area contributed by atoms with Gasteiger partial charge in [-0.1, -0.05) is 111 Å². The largest absolute Gasteiger partial charge is 0.379 e. The van der Waals surface area contributed by atoms with Crippen molar-refractivity contribution in [3.63, 3.8) is 0 Å². The van der Waals surface area contributed by atoms with E-state index in [1.807, 2.05) is 13.8 Å². The molecular weight excluding hydrogens is 336 g/mol. The van der Waals surface area contributed by atoms with Crippen LogP contribution in [-0.2, 0) is 4.79 Å². The van der Waals surface area contributed by atoms with E-state index in [2.05, 4.69) is 12.2 Å². The number of aliphatic hydroxyl groups excluding tert-OH is 1. The number of carbonyl (C=O) groups excluding carboxylic acids is 1. The van der Waals surface area contributed by atoms with E-state index in [1.54, 1.807) is 0 Å². The molecular formula is C23H50N2O2. The van der Waals surface area contributed by atoms with Crippen LogP contribution in [0, 0.1) is 0 Å². The molecule has 0 spiro atoms. The molecule has 0 aliphatic heterocycles. The molecule has 4 N–H and O–H groups in total. The fourth-order valence-electron chi connectivity index (χ4n) is 3.05. The SMILES string of the molecule is CCCCCCCCCCCCCCCCCC(N)=O.CCNC(O)CC. The summed E-state index contributed by atoms with van der Waals surface area (Å²) in [6, 6.07) is 0. The molecule has 0 bridgehead atoms. The van der Waals surface area contributed by atoms with Crippen molar-refractivity contribution in [1.82, 2.24) is 5.32 Å². The number of hydrogen-bond acceptors (Lipinski definition) is 3. The van der Waals surface area contributed by atoms with Gasteiger partial charge in [-0.15, -0.1) is 0 Å². The molecule has 164 valence electrons. The Kier molecular flexibility index (Phi) is 26.9. The molecule has 0 aliphatic rings. The van der Waals surface area contributed by atoms with Crippen LogP contribution in [0.5, 0.6) is 0 Å². The molecule has 0 radical (unpaired) electrons. The highest BCUT2D eigenvalue weighted by Crippen LogP contribution is 2.13. The van der Waals surface area contributed by atoms with Gasteiger partial charge in [-0.3, -0.25) is 10.1 Å². The first-order valence-corrected chi connectivity index (χ1v) is 11.8. The highest BCUT2D eigenvalue weighted by atomic mass is 16.3. The molecule has 0 saturated carbocycles. The van der Waals surface area contributed by atoms with E-state index < -0.39 is 0 Å². The Morgan fingerprint density at radius 1 is 0.741 bits per heavy atom. The average Bonchev–Trinajstić information content (AvgIpc) is 2.65. The number of aliphatic hydroxyl groups is 1.